The van der Waals surface area contributed by atoms with Crippen LogP contribution in [0, 0.1) is 0 Å². The third-order valence-corrected chi connectivity index (χ3v) is 4.36. The van der Waals surface area contributed by atoms with Gasteiger partial charge < -0.3 is 20.1 Å². The van der Waals surface area contributed by atoms with E-state index in [-0.39, 0.29) is 42.9 Å². The van der Waals surface area contributed by atoms with E-state index in [4.69, 9.17) is 9.47 Å². The molecule has 1 aromatic carbocycles. The fraction of sp³-hybridized carbons (Fsp3) is 0.588. The van der Waals surface area contributed by atoms with Gasteiger partial charge in [0, 0.05) is 32.7 Å². The first-order valence-electron chi connectivity index (χ1n) is 8.31. The summed E-state index contributed by atoms with van der Waals surface area (Å²) in [6, 6.07) is 10.5. The van der Waals surface area contributed by atoms with E-state index in [1.807, 2.05) is 18.2 Å². The molecule has 0 spiro atoms. The van der Waals surface area contributed by atoms with E-state index in [1.54, 1.807) is 0 Å². The van der Waals surface area contributed by atoms with Crippen molar-refractivity contribution in [3.05, 3.63) is 35.9 Å². The summed E-state index contributed by atoms with van der Waals surface area (Å²) in [7, 11) is 0. The molecule has 0 radical (unpaired) electrons. The summed E-state index contributed by atoms with van der Waals surface area (Å²) in [5.41, 5.74) is 1.22. The molecule has 1 amide bonds. The molecule has 0 bridgehead atoms. The Morgan fingerprint density at radius 3 is 2.56 bits per heavy atom. The first kappa shape index (κ1) is 22.2. The lowest BCUT2D eigenvalue weighted by Gasteiger charge is -2.35. The molecule has 0 saturated carbocycles. The van der Waals surface area contributed by atoms with Crippen molar-refractivity contribution in [2.24, 2.45) is 0 Å². The SMILES string of the molecule is Cl.Cl.O=C(NCC(c1ccccc1)N1CCOCC1)C1CNCCO1. The largest absolute Gasteiger partial charge is 0.379 e. The minimum Gasteiger partial charge on any atom is -0.379 e. The van der Waals surface area contributed by atoms with Crippen LogP contribution in [0.3, 0.4) is 0 Å². The Morgan fingerprint density at radius 2 is 1.92 bits per heavy atom. The highest BCUT2D eigenvalue weighted by molar-refractivity contribution is 5.85. The standard InChI is InChI=1S/C17H25N3O3.2ClH/c21-17(16-13-18-6-9-23-16)19-12-15(14-4-2-1-3-5-14)20-7-10-22-11-8-20;;/h1-5,15-16,18H,6-13H2,(H,19,21);2*1H. The van der Waals surface area contributed by atoms with Crippen LogP contribution in [0.1, 0.15) is 11.6 Å². The minimum absolute atomic E-state index is 0. The number of nitrogens with one attached hydrogen (secondary N) is 2. The highest BCUT2D eigenvalue weighted by Crippen LogP contribution is 2.21. The van der Waals surface area contributed by atoms with Crippen molar-refractivity contribution in [1.82, 2.24) is 15.5 Å². The lowest BCUT2D eigenvalue weighted by molar-refractivity contribution is -0.134. The number of hydrogen-bond acceptors (Lipinski definition) is 5. The van der Waals surface area contributed by atoms with Crippen LogP contribution in [-0.4, -0.2) is 69.5 Å². The smallest absolute Gasteiger partial charge is 0.250 e. The van der Waals surface area contributed by atoms with Gasteiger partial charge in [-0.2, -0.15) is 0 Å². The molecule has 3 rings (SSSR count). The first-order chi connectivity index (χ1) is 11.3. The molecule has 6 nitrogen and oxygen atoms in total. The van der Waals surface area contributed by atoms with Gasteiger partial charge in [-0.25, -0.2) is 0 Å². The molecule has 2 aliphatic rings. The fourth-order valence-electron chi connectivity index (χ4n) is 3.07. The number of ether oxygens (including phenoxy) is 2. The van der Waals surface area contributed by atoms with Gasteiger partial charge in [-0.15, -0.1) is 24.8 Å². The van der Waals surface area contributed by atoms with Crippen LogP contribution in [0.25, 0.3) is 0 Å². The van der Waals surface area contributed by atoms with Crippen LogP contribution in [0.15, 0.2) is 30.3 Å². The third kappa shape index (κ3) is 6.40. The van der Waals surface area contributed by atoms with Gasteiger partial charge in [-0.05, 0) is 5.56 Å². The second-order valence-electron chi connectivity index (χ2n) is 5.88. The Bertz CT molecular complexity index is 495. The van der Waals surface area contributed by atoms with E-state index in [0.29, 0.717) is 19.7 Å². The summed E-state index contributed by atoms with van der Waals surface area (Å²) < 4.78 is 11.0. The number of amides is 1. The lowest BCUT2D eigenvalue weighted by Crippen LogP contribution is -2.50. The van der Waals surface area contributed by atoms with E-state index < -0.39 is 0 Å². The number of hydrogen-bond donors (Lipinski definition) is 2. The summed E-state index contributed by atoms with van der Waals surface area (Å²) >= 11 is 0. The van der Waals surface area contributed by atoms with Crippen LogP contribution in [0.2, 0.25) is 0 Å². The van der Waals surface area contributed by atoms with E-state index >= 15 is 0 Å². The molecule has 2 aliphatic heterocycles. The van der Waals surface area contributed by atoms with Crippen molar-refractivity contribution in [2.45, 2.75) is 12.1 Å². The Kier molecular flexibility index (Phi) is 10.3. The number of morpholine rings is 2. The zero-order chi connectivity index (χ0) is 15.9. The van der Waals surface area contributed by atoms with E-state index in [2.05, 4.69) is 27.7 Å². The Balaban J connectivity index is 0.00000156. The number of carbonyl (C=O) groups is 1. The van der Waals surface area contributed by atoms with E-state index in [0.717, 1.165) is 32.8 Å². The highest BCUT2D eigenvalue weighted by atomic mass is 35.5. The Labute approximate surface area is 161 Å². The number of benzene rings is 1. The molecular weight excluding hydrogens is 365 g/mol. The Hall–Kier alpha value is -0.890. The predicted octanol–water partition coefficient (Wildman–Crippen LogP) is 1.01. The highest BCUT2D eigenvalue weighted by Gasteiger charge is 2.26. The third-order valence-electron chi connectivity index (χ3n) is 4.36. The van der Waals surface area contributed by atoms with Crippen LogP contribution in [0.4, 0.5) is 0 Å². The molecule has 2 saturated heterocycles. The van der Waals surface area contributed by atoms with Gasteiger partial charge in [0.05, 0.1) is 25.9 Å². The molecule has 2 unspecified atom stereocenters. The van der Waals surface area contributed by atoms with Crippen LogP contribution in [0.5, 0.6) is 0 Å². The second-order valence-corrected chi connectivity index (χ2v) is 5.88. The number of rotatable bonds is 5. The fourth-order valence-corrected chi connectivity index (χ4v) is 3.07. The maximum absolute atomic E-state index is 12.3. The summed E-state index contributed by atoms with van der Waals surface area (Å²) in [6.07, 6.45) is -0.384. The van der Waals surface area contributed by atoms with Crippen LogP contribution >= 0.6 is 24.8 Å². The maximum Gasteiger partial charge on any atom is 0.250 e. The monoisotopic (exact) mass is 391 g/mol. The van der Waals surface area contributed by atoms with Crippen molar-refractivity contribution in [3.63, 3.8) is 0 Å². The lowest BCUT2D eigenvalue weighted by atomic mass is 10.0. The summed E-state index contributed by atoms with van der Waals surface area (Å²) in [6.45, 7) is 5.82. The molecule has 8 heteroatoms. The zero-order valence-corrected chi connectivity index (χ0v) is 15.8. The predicted molar refractivity (Wildman–Crippen MR) is 102 cm³/mol. The molecule has 25 heavy (non-hydrogen) atoms. The Morgan fingerprint density at radius 1 is 1.20 bits per heavy atom. The van der Waals surface area contributed by atoms with Crippen molar-refractivity contribution >= 4 is 30.7 Å². The molecule has 2 fully saturated rings. The molecular formula is C17H27Cl2N3O3. The normalized spacial score (nSPS) is 22.2. The van der Waals surface area contributed by atoms with Crippen molar-refractivity contribution < 1.29 is 14.3 Å². The van der Waals surface area contributed by atoms with E-state index in [9.17, 15) is 4.79 Å². The van der Waals surface area contributed by atoms with Crippen LogP contribution < -0.4 is 10.6 Å². The molecule has 2 atom stereocenters. The summed E-state index contributed by atoms with van der Waals surface area (Å²) in [5, 5.41) is 6.25. The average Bonchev–Trinajstić information content (AvgIpc) is 2.64. The van der Waals surface area contributed by atoms with Crippen molar-refractivity contribution in [1.29, 1.82) is 0 Å². The van der Waals surface area contributed by atoms with Gasteiger partial charge >= 0.3 is 0 Å². The second kappa shape index (κ2) is 11.7. The van der Waals surface area contributed by atoms with Gasteiger partial charge in [0.25, 0.3) is 5.91 Å². The van der Waals surface area contributed by atoms with Gasteiger partial charge in [0.1, 0.15) is 6.10 Å². The van der Waals surface area contributed by atoms with Crippen LogP contribution in [-0.2, 0) is 14.3 Å². The number of carbonyl (C=O) groups excluding carboxylic acids is 1. The molecule has 0 aliphatic carbocycles. The number of nitrogens with zero attached hydrogens (tertiary/aromatic N) is 1. The minimum atomic E-state index is -0.384. The average molecular weight is 392 g/mol. The zero-order valence-electron chi connectivity index (χ0n) is 14.2. The summed E-state index contributed by atoms with van der Waals surface area (Å²) in [4.78, 5) is 14.7. The van der Waals surface area contributed by atoms with Gasteiger partial charge in [0.15, 0.2) is 0 Å². The molecule has 2 heterocycles. The quantitative estimate of drug-likeness (QED) is 0.783. The molecule has 0 aromatic heterocycles. The van der Waals surface area contributed by atoms with E-state index in [1.165, 1.54) is 5.56 Å². The maximum atomic E-state index is 12.3. The molecule has 1 aromatic rings. The van der Waals surface area contributed by atoms with Crippen molar-refractivity contribution in [2.75, 3.05) is 52.5 Å². The van der Waals surface area contributed by atoms with Gasteiger partial charge in [-0.1, -0.05) is 30.3 Å². The molecule has 142 valence electrons. The summed E-state index contributed by atoms with van der Waals surface area (Å²) in [5.74, 6) is -0.0357. The number of halogens is 2. The van der Waals surface area contributed by atoms with Gasteiger partial charge in [0.2, 0.25) is 0 Å². The van der Waals surface area contributed by atoms with Gasteiger partial charge in [-0.3, -0.25) is 9.69 Å². The topological polar surface area (TPSA) is 62.8 Å². The first-order valence-corrected chi connectivity index (χ1v) is 8.31. The van der Waals surface area contributed by atoms with Crippen molar-refractivity contribution in [3.8, 4) is 0 Å². The molecule has 2 N–H and O–H groups in total.